The van der Waals surface area contributed by atoms with Crippen LogP contribution in [-0.2, 0) is 16.1 Å². The lowest BCUT2D eigenvalue weighted by Gasteiger charge is -2.34. The maximum Gasteiger partial charge on any atom is 0.250 e. The van der Waals surface area contributed by atoms with E-state index < -0.39 is 11.9 Å². The molecule has 0 spiro atoms. The van der Waals surface area contributed by atoms with Gasteiger partial charge in [-0.05, 0) is 79.6 Å². The number of nitrogens with two attached hydrogens (primary N) is 1. The number of hydrogen-bond donors (Lipinski definition) is 2. The quantitative estimate of drug-likeness (QED) is 0.313. The first-order valence-electron chi connectivity index (χ1n) is 14.2. The highest BCUT2D eigenvalue weighted by Gasteiger charge is 2.51. The minimum Gasteiger partial charge on any atom is -0.366 e. The Labute approximate surface area is 242 Å². The van der Waals surface area contributed by atoms with Crippen LogP contribution in [-0.4, -0.2) is 49.2 Å². The predicted molar refractivity (Wildman–Crippen MR) is 161 cm³/mol. The van der Waals surface area contributed by atoms with Gasteiger partial charge in [-0.25, -0.2) is 4.98 Å². The molecule has 0 radical (unpaired) electrons. The highest BCUT2D eigenvalue weighted by Crippen LogP contribution is 2.43. The average Bonchev–Trinajstić information content (AvgIpc) is 3.70. The number of carbonyl (C=O) groups excluding carboxylic acids is 3. The molecule has 3 atom stereocenters. The Bertz CT molecular complexity index is 1900. The van der Waals surface area contributed by atoms with Gasteiger partial charge in [0.1, 0.15) is 18.4 Å². The number of nitrogens with zero attached hydrogens (tertiary/aromatic N) is 4. The number of likely N-dealkylation sites (tertiary alicyclic amines) is 1. The van der Waals surface area contributed by atoms with Gasteiger partial charge < -0.3 is 20.5 Å². The fourth-order valence-corrected chi connectivity index (χ4v) is 6.77. The van der Waals surface area contributed by atoms with Crippen LogP contribution in [0.25, 0.3) is 32.9 Å². The molecule has 1 aliphatic heterocycles. The molecule has 1 saturated carbocycles. The Morgan fingerprint density at radius 3 is 2.67 bits per heavy atom. The summed E-state index contributed by atoms with van der Waals surface area (Å²) in [5.74, 6) is -0.330. The smallest absolute Gasteiger partial charge is 0.250 e. The molecule has 3 amide bonds. The summed E-state index contributed by atoms with van der Waals surface area (Å²) in [6.07, 6.45) is 6.02. The Morgan fingerprint density at radius 1 is 1.00 bits per heavy atom. The molecule has 4 heterocycles. The van der Waals surface area contributed by atoms with E-state index in [4.69, 9.17) is 5.73 Å². The van der Waals surface area contributed by atoms with Crippen LogP contribution < -0.4 is 11.1 Å². The van der Waals surface area contributed by atoms with Gasteiger partial charge in [0.15, 0.2) is 0 Å². The SMILES string of the molecule is Cc1cccc(NC(=O)[C@@H]2[C@H]3CC[C@H](C3)N2C(=O)Cn2cc(C(N)=O)c3cc(-c4ccc5cccnc5c4)ccc32)n1. The second-order valence-corrected chi connectivity index (χ2v) is 11.3. The average molecular weight is 559 g/mol. The number of piperidine rings is 1. The molecule has 9 heteroatoms. The zero-order chi connectivity index (χ0) is 29.0. The van der Waals surface area contributed by atoms with Gasteiger partial charge in [0.05, 0.1) is 11.1 Å². The number of nitrogens with one attached hydrogen (secondary N) is 1. The van der Waals surface area contributed by atoms with Crippen LogP contribution in [0.5, 0.6) is 0 Å². The first-order chi connectivity index (χ1) is 20.4. The highest BCUT2D eigenvalue weighted by molar-refractivity contribution is 6.07. The fourth-order valence-electron chi connectivity index (χ4n) is 6.77. The highest BCUT2D eigenvalue weighted by atomic mass is 16.2. The van der Waals surface area contributed by atoms with Gasteiger partial charge in [-0.2, -0.15) is 0 Å². The number of fused-ring (bicyclic) bond motifs is 4. The van der Waals surface area contributed by atoms with Gasteiger partial charge in [-0.1, -0.05) is 30.3 Å². The van der Waals surface area contributed by atoms with Crippen molar-refractivity contribution in [1.29, 1.82) is 0 Å². The van der Waals surface area contributed by atoms with Crippen LogP contribution in [0.4, 0.5) is 5.82 Å². The Hall–Kier alpha value is -5.05. The van der Waals surface area contributed by atoms with Crippen molar-refractivity contribution in [3.63, 3.8) is 0 Å². The zero-order valence-electron chi connectivity index (χ0n) is 23.2. The van der Waals surface area contributed by atoms with Crippen LogP contribution >= 0.6 is 0 Å². The monoisotopic (exact) mass is 558 g/mol. The van der Waals surface area contributed by atoms with Gasteiger partial charge in [-0.3, -0.25) is 19.4 Å². The zero-order valence-corrected chi connectivity index (χ0v) is 23.2. The van der Waals surface area contributed by atoms with Crippen molar-refractivity contribution in [1.82, 2.24) is 19.4 Å². The van der Waals surface area contributed by atoms with E-state index in [9.17, 15) is 14.4 Å². The Morgan fingerprint density at radius 2 is 1.83 bits per heavy atom. The molecule has 2 bridgehead atoms. The Kier molecular flexibility index (Phi) is 6.22. The molecule has 9 nitrogen and oxygen atoms in total. The van der Waals surface area contributed by atoms with Crippen LogP contribution in [0.2, 0.25) is 0 Å². The molecular weight excluding hydrogens is 528 g/mol. The molecule has 2 fully saturated rings. The van der Waals surface area contributed by atoms with Crippen molar-refractivity contribution in [3.05, 3.63) is 90.4 Å². The number of pyridine rings is 2. The van der Waals surface area contributed by atoms with Gasteiger partial charge in [-0.15, -0.1) is 0 Å². The van der Waals surface area contributed by atoms with Crippen LogP contribution in [0.1, 0.15) is 35.3 Å². The number of hydrogen-bond acceptors (Lipinski definition) is 5. The minimum absolute atomic E-state index is 0.00127. The Balaban J connectivity index is 1.18. The largest absolute Gasteiger partial charge is 0.366 e. The summed E-state index contributed by atoms with van der Waals surface area (Å²) in [7, 11) is 0. The number of benzene rings is 2. The second-order valence-electron chi connectivity index (χ2n) is 11.3. The van der Waals surface area contributed by atoms with E-state index >= 15 is 0 Å². The number of primary amides is 1. The molecule has 210 valence electrons. The number of aromatic nitrogens is 3. The molecule has 3 aromatic heterocycles. The van der Waals surface area contributed by atoms with Crippen molar-refractivity contribution in [3.8, 4) is 11.1 Å². The fraction of sp³-hybridized carbons (Fsp3) is 0.242. The van der Waals surface area contributed by atoms with E-state index in [1.807, 2.05) is 67.6 Å². The number of carbonyl (C=O) groups is 3. The molecular formula is C33H30N6O3. The van der Waals surface area contributed by atoms with Crippen LogP contribution in [0.15, 0.2) is 79.1 Å². The van der Waals surface area contributed by atoms with Crippen molar-refractivity contribution >= 4 is 45.3 Å². The molecule has 1 aliphatic carbocycles. The number of rotatable bonds is 6. The first-order valence-corrected chi connectivity index (χ1v) is 14.2. The van der Waals surface area contributed by atoms with Crippen LogP contribution in [0, 0.1) is 12.8 Å². The molecule has 3 N–H and O–H groups in total. The summed E-state index contributed by atoms with van der Waals surface area (Å²) < 4.78 is 1.77. The molecule has 5 aromatic rings. The lowest BCUT2D eigenvalue weighted by molar-refractivity contribution is -0.141. The molecule has 1 saturated heterocycles. The van der Waals surface area contributed by atoms with E-state index in [0.717, 1.165) is 52.5 Å². The standard InChI is InChI=1S/C33H30N6O3/c1-19-4-2-6-29(36-19)37-33(42)31-23-9-11-24(14-23)39(31)30(40)18-38-17-26(32(34)41)25-15-21(10-12-28(25)38)22-8-7-20-5-3-13-35-27(20)16-22/h2-8,10,12-13,15-17,23-24,31H,9,11,14,18H2,1H3,(H2,34,41)(H,36,37,42)/t23-,24+,31-/m0/s1. The summed E-state index contributed by atoms with van der Waals surface area (Å²) in [5, 5.41) is 4.64. The molecule has 2 aliphatic rings. The molecule has 42 heavy (non-hydrogen) atoms. The van der Waals surface area contributed by atoms with E-state index in [1.54, 1.807) is 27.9 Å². The predicted octanol–water partition coefficient (Wildman–Crippen LogP) is 4.68. The van der Waals surface area contributed by atoms with E-state index in [2.05, 4.69) is 15.3 Å². The molecule has 7 rings (SSSR count). The normalized spacial score (nSPS) is 19.5. The van der Waals surface area contributed by atoms with Gasteiger partial charge >= 0.3 is 0 Å². The summed E-state index contributed by atoms with van der Waals surface area (Å²) in [5.41, 5.74) is 10.4. The van der Waals surface area contributed by atoms with Gasteiger partial charge in [0, 0.05) is 40.4 Å². The maximum atomic E-state index is 13.8. The summed E-state index contributed by atoms with van der Waals surface area (Å²) in [6.45, 7) is 1.87. The third-order valence-corrected chi connectivity index (χ3v) is 8.67. The number of amides is 3. The summed E-state index contributed by atoms with van der Waals surface area (Å²) in [6, 6.07) is 20.7. The van der Waals surface area contributed by atoms with Crippen LogP contribution in [0.3, 0.4) is 0 Å². The lowest BCUT2D eigenvalue weighted by Crippen LogP contribution is -2.51. The topological polar surface area (TPSA) is 123 Å². The van der Waals surface area contributed by atoms with E-state index in [0.29, 0.717) is 16.8 Å². The molecule has 0 unspecified atom stereocenters. The number of aryl methyl sites for hydroxylation is 1. The molecule has 2 aromatic carbocycles. The lowest BCUT2D eigenvalue weighted by atomic mass is 9.97. The van der Waals surface area contributed by atoms with E-state index in [-0.39, 0.29) is 30.3 Å². The first kappa shape index (κ1) is 25.9. The van der Waals surface area contributed by atoms with Gasteiger partial charge in [0.2, 0.25) is 11.8 Å². The van der Waals surface area contributed by atoms with E-state index in [1.165, 1.54) is 0 Å². The van der Waals surface area contributed by atoms with Gasteiger partial charge in [0.25, 0.3) is 5.91 Å². The summed E-state index contributed by atoms with van der Waals surface area (Å²) in [4.78, 5) is 50.4. The maximum absolute atomic E-state index is 13.8. The summed E-state index contributed by atoms with van der Waals surface area (Å²) >= 11 is 0. The number of anilines is 1. The van der Waals surface area contributed by atoms with Crippen molar-refractivity contribution in [2.24, 2.45) is 11.7 Å². The third kappa shape index (κ3) is 4.47. The second kappa shape index (κ2) is 10.1. The third-order valence-electron chi connectivity index (χ3n) is 8.67. The minimum atomic E-state index is -0.563. The van der Waals surface area contributed by atoms with Crippen molar-refractivity contribution in [2.45, 2.75) is 44.8 Å². The van der Waals surface area contributed by atoms with Crippen molar-refractivity contribution < 1.29 is 14.4 Å². The van der Waals surface area contributed by atoms with Crippen molar-refractivity contribution in [2.75, 3.05) is 5.32 Å².